The largest absolute Gasteiger partial charge is 0.237 e. The topological polar surface area (TPSA) is 25.8 Å². The normalized spacial score (nSPS) is 13.2. The number of hydrogen-bond donors (Lipinski definition) is 0. The monoisotopic (exact) mass is 622 g/mol. The summed E-state index contributed by atoms with van der Waals surface area (Å²) >= 11 is 1.88. The van der Waals surface area contributed by atoms with Crippen LogP contribution in [-0.2, 0) is 0 Å². The molecular weight excluding hydrogens is 593 g/mol. The molecule has 0 radical (unpaired) electrons. The molecule has 0 saturated carbocycles. The maximum Gasteiger partial charge on any atom is 0.159 e. The first-order valence-electron chi connectivity index (χ1n) is 15.8. The molecule has 0 atom stereocenters. The molecule has 0 fully saturated rings. The first kappa shape index (κ1) is 27.2. The van der Waals surface area contributed by atoms with Gasteiger partial charge in [0.25, 0.3) is 0 Å². The minimum absolute atomic E-state index is 0.791. The molecule has 2 nitrogen and oxygen atoms in total. The summed E-state index contributed by atoms with van der Waals surface area (Å²) in [6.45, 7) is 4.84. The Kier molecular flexibility index (Phi) is 6.17. The number of fused-ring (bicyclic) bond motifs is 6. The summed E-state index contributed by atoms with van der Waals surface area (Å²) in [6.07, 6.45) is 0. The fraction of sp³-hybridized carbons (Fsp3) is 0.0476. The van der Waals surface area contributed by atoms with E-state index in [1.54, 1.807) is 0 Å². The van der Waals surface area contributed by atoms with Gasteiger partial charge in [0.15, 0.2) is 5.82 Å². The number of thiophene rings is 1. The van der Waals surface area contributed by atoms with E-state index in [0.717, 1.165) is 28.2 Å². The van der Waals surface area contributed by atoms with Crippen molar-refractivity contribution in [2.24, 2.45) is 0 Å². The van der Waals surface area contributed by atoms with Crippen LogP contribution in [-0.4, -0.2) is 18.0 Å². The summed E-state index contributed by atoms with van der Waals surface area (Å²) in [7, 11) is -2.02. The molecule has 2 aromatic heterocycles. The van der Waals surface area contributed by atoms with E-state index >= 15 is 0 Å². The molecule has 0 spiro atoms. The lowest BCUT2D eigenvalue weighted by Gasteiger charge is -2.19. The summed E-state index contributed by atoms with van der Waals surface area (Å²) in [5.41, 5.74) is 10.5. The number of rotatable bonds is 4. The SMILES string of the molecule is C[Si]1(C)c2ccccc2-c2c(-c3ccccc3)nc(-c3cccc(-c4cccc(-c5cccc6c5sc5ccccc56)c4)c3)nc21. The molecule has 9 rings (SSSR count). The molecule has 1 aliphatic rings. The number of hydrogen-bond acceptors (Lipinski definition) is 3. The molecule has 218 valence electrons. The van der Waals surface area contributed by atoms with Gasteiger partial charge in [-0.25, -0.2) is 9.97 Å². The first-order chi connectivity index (χ1) is 22.6. The predicted octanol–water partition coefficient (Wildman–Crippen LogP) is 10.3. The fourth-order valence-electron chi connectivity index (χ4n) is 7.15. The molecular formula is C42H30N2SSi. The third-order valence-corrected chi connectivity index (χ3v) is 14.0. The fourth-order valence-corrected chi connectivity index (χ4v) is 11.3. The van der Waals surface area contributed by atoms with Crippen molar-refractivity contribution in [3.05, 3.63) is 146 Å². The minimum Gasteiger partial charge on any atom is -0.237 e. The average Bonchev–Trinajstić information content (AvgIpc) is 3.61. The molecule has 0 amide bonds. The molecule has 1 aliphatic heterocycles. The summed E-state index contributed by atoms with van der Waals surface area (Å²) in [4.78, 5) is 10.7. The van der Waals surface area contributed by atoms with Crippen LogP contribution in [0.1, 0.15) is 0 Å². The van der Waals surface area contributed by atoms with Crippen LogP contribution >= 0.6 is 11.3 Å². The van der Waals surface area contributed by atoms with Gasteiger partial charge in [-0.2, -0.15) is 0 Å². The Balaban J connectivity index is 1.18. The molecule has 3 heterocycles. The highest BCUT2D eigenvalue weighted by atomic mass is 32.1. The Morgan fingerprint density at radius 2 is 1.11 bits per heavy atom. The van der Waals surface area contributed by atoms with E-state index in [1.165, 1.54) is 58.5 Å². The van der Waals surface area contributed by atoms with E-state index in [1.807, 2.05) is 11.3 Å². The molecule has 0 unspecified atom stereocenters. The Morgan fingerprint density at radius 3 is 1.96 bits per heavy atom. The highest BCUT2D eigenvalue weighted by molar-refractivity contribution is 7.26. The lowest BCUT2D eigenvalue weighted by Crippen LogP contribution is -2.50. The maximum atomic E-state index is 5.38. The number of aromatic nitrogens is 2. The van der Waals surface area contributed by atoms with Crippen molar-refractivity contribution in [1.29, 1.82) is 0 Å². The molecule has 6 aromatic carbocycles. The quantitative estimate of drug-likeness (QED) is 0.183. The molecule has 0 bridgehead atoms. The van der Waals surface area contributed by atoms with Crippen molar-refractivity contribution in [3.63, 3.8) is 0 Å². The average molecular weight is 623 g/mol. The van der Waals surface area contributed by atoms with E-state index < -0.39 is 8.07 Å². The van der Waals surface area contributed by atoms with Crippen molar-refractivity contribution in [1.82, 2.24) is 9.97 Å². The molecule has 4 heteroatoms. The van der Waals surface area contributed by atoms with Gasteiger partial charge in [0.2, 0.25) is 0 Å². The van der Waals surface area contributed by atoms with Crippen molar-refractivity contribution in [3.8, 4) is 56.0 Å². The highest BCUT2D eigenvalue weighted by Crippen LogP contribution is 2.41. The summed E-state index contributed by atoms with van der Waals surface area (Å²) in [5.74, 6) is 0.791. The third-order valence-electron chi connectivity index (χ3n) is 9.45. The van der Waals surface area contributed by atoms with Gasteiger partial charge >= 0.3 is 0 Å². The van der Waals surface area contributed by atoms with Gasteiger partial charge in [-0.1, -0.05) is 140 Å². The Bertz CT molecular complexity index is 2460. The van der Waals surface area contributed by atoms with Gasteiger partial charge in [0, 0.05) is 42.2 Å². The standard InChI is InChI=1S/C42H30N2SSi/c1-46(2)37-24-9-7-20-35(37)38-39(27-13-4-3-5-14-27)43-41(44-42(38)46)31-18-11-16-29(26-31)28-15-10-17-30(25-28)32-21-12-22-34-33-19-6-8-23-36(33)45-40(32)34/h3-26H,1-2H3. The lowest BCUT2D eigenvalue weighted by molar-refractivity contribution is 1.21. The molecule has 0 N–H and O–H groups in total. The molecule has 0 saturated heterocycles. The highest BCUT2D eigenvalue weighted by Gasteiger charge is 2.41. The van der Waals surface area contributed by atoms with E-state index in [4.69, 9.17) is 9.97 Å². The van der Waals surface area contributed by atoms with Gasteiger partial charge in [0.1, 0.15) is 8.07 Å². The number of benzene rings is 6. The van der Waals surface area contributed by atoms with E-state index in [2.05, 4.69) is 159 Å². The lowest BCUT2D eigenvalue weighted by atomic mass is 9.96. The van der Waals surface area contributed by atoms with E-state index in [9.17, 15) is 0 Å². The second-order valence-corrected chi connectivity index (χ2v) is 17.9. The minimum atomic E-state index is -2.02. The van der Waals surface area contributed by atoms with Gasteiger partial charge in [-0.3, -0.25) is 0 Å². The second kappa shape index (κ2) is 10.4. The second-order valence-electron chi connectivity index (χ2n) is 12.6. The zero-order valence-electron chi connectivity index (χ0n) is 25.7. The Hall–Kier alpha value is -5.16. The van der Waals surface area contributed by atoms with E-state index in [-0.39, 0.29) is 0 Å². The van der Waals surface area contributed by atoms with Crippen LogP contribution in [0, 0.1) is 0 Å². The van der Waals surface area contributed by atoms with Gasteiger partial charge in [-0.15, -0.1) is 11.3 Å². The summed E-state index contributed by atoms with van der Waals surface area (Å²) in [5, 5.41) is 5.31. The first-order valence-corrected chi connectivity index (χ1v) is 19.6. The van der Waals surface area contributed by atoms with Crippen LogP contribution in [0.5, 0.6) is 0 Å². The van der Waals surface area contributed by atoms with Crippen LogP contribution in [0.25, 0.3) is 76.2 Å². The molecule has 0 aliphatic carbocycles. The molecule has 46 heavy (non-hydrogen) atoms. The Labute approximate surface area is 273 Å². The van der Waals surface area contributed by atoms with Gasteiger partial charge in [-0.05, 0) is 51.2 Å². The Morgan fingerprint density at radius 1 is 0.500 bits per heavy atom. The van der Waals surface area contributed by atoms with Crippen LogP contribution in [0.4, 0.5) is 0 Å². The zero-order valence-corrected chi connectivity index (χ0v) is 27.5. The third kappa shape index (κ3) is 4.22. The number of nitrogens with zero attached hydrogens (tertiary/aromatic N) is 2. The van der Waals surface area contributed by atoms with Crippen molar-refractivity contribution in [2.45, 2.75) is 13.1 Å². The van der Waals surface area contributed by atoms with Crippen LogP contribution in [0.15, 0.2) is 146 Å². The van der Waals surface area contributed by atoms with Crippen molar-refractivity contribution in [2.75, 3.05) is 0 Å². The summed E-state index contributed by atoms with van der Waals surface area (Å²) in [6, 6.07) is 52.5. The molecule has 8 aromatic rings. The van der Waals surface area contributed by atoms with Crippen LogP contribution in [0.3, 0.4) is 0 Å². The zero-order chi connectivity index (χ0) is 30.8. The summed E-state index contributed by atoms with van der Waals surface area (Å²) < 4.78 is 2.66. The van der Waals surface area contributed by atoms with Crippen LogP contribution in [0.2, 0.25) is 13.1 Å². The predicted molar refractivity (Wildman–Crippen MR) is 199 cm³/mol. The smallest absolute Gasteiger partial charge is 0.159 e. The van der Waals surface area contributed by atoms with E-state index in [0.29, 0.717) is 0 Å². The van der Waals surface area contributed by atoms with Crippen LogP contribution < -0.4 is 10.5 Å². The van der Waals surface area contributed by atoms with Crippen molar-refractivity contribution >= 4 is 50.1 Å². The van der Waals surface area contributed by atoms with Crippen molar-refractivity contribution < 1.29 is 0 Å². The van der Waals surface area contributed by atoms with Gasteiger partial charge < -0.3 is 0 Å². The van der Waals surface area contributed by atoms with Gasteiger partial charge in [0.05, 0.1) is 5.69 Å². The maximum absolute atomic E-state index is 5.38.